The fourth-order valence-corrected chi connectivity index (χ4v) is 17.1. The number of nitrogens with zero attached hydrogens (tertiary/aromatic N) is 9. The first-order chi connectivity index (χ1) is 44.3. The third kappa shape index (κ3) is 11.5. The number of hydrogen-bond acceptors (Lipinski definition) is 6. The summed E-state index contributed by atoms with van der Waals surface area (Å²) in [4.78, 5) is 0. The van der Waals surface area contributed by atoms with Gasteiger partial charge in [-0.25, -0.2) is 13.5 Å². The van der Waals surface area contributed by atoms with Gasteiger partial charge in [-0.05, 0) is 159 Å². The first-order valence-corrected chi connectivity index (χ1v) is 36.0. The summed E-state index contributed by atoms with van der Waals surface area (Å²) in [5.41, 5.74) is 14.2. The predicted molar refractivity (Wildman–Crippen MR) is 379 cm³/mol. The largest absolute Gasteiger partial charge is 0.220 e. The zero-order chi connectivity index (χ0) is 61.7. The van der Waals surface area contributed by atoms with Crippen LogP contribution in [0.4, 0.5) is 0 Å². The van der Waals surface area contributed by atoms with Crippen molar-refractivity contribution >= 4 is 81.6 Å². The minimum absolute atomic E-state index is 0.0717. The highest BCUT2D eigenvalue weighted by Crippen LogP contribution is 2.55. The van der Waals surface area contributed by atoms with Crippen LogP contribution in [0.2, 0.25) is 0 Å². The highest BCUT2D eigenvalue weighted by atomic mass is 15.4. The Morgan fingerprint density at radius 3 is 0.711 bits per heavy atom. The molecule has 4 heterocycles. The first kappa shape index (κ1) is 61.6. The summed E-state index contributed by atoms with van der Waals surface area (Å²) in [6.07, 6.45) is 43.1. The van der Waals surface area contributed by atoms with Gasteiger partial charge in [0.25, 0.3) is 0 Å². The SMILES string of the molecule is CCCCCCC1(CCCCCC)c2ccc3cc2c2cc(ccc21)c1cn(nn1)c1ccc2c(c1)c1cc(ccc1C2(CCCCCC)CCCCCC)n1cc(nn1)c1ccc2c(c1)c1cc(ccc1C2(CCCCCC)CCCCCC)n1cc3nn1. The maximum Gasteiger partial charge on any atom is 0.113 e. The number of rotatable bonds is 30. The van der Waals surface area contributed by atoms with E-state index in [2.05, 4.69) is 169 Å². The second-order valence-corrected chi connectivity index (χ2v) is 27.7. The molecule has 0 atom stereocenters. The molecule has 0 fully saturated rings. The van der Waals surface area contributed by atoms with Crippen LogP contribution < -0.4 is 0 Å². The molecule has 9 heteroatoms. The first-order valence-electron chi connectivity index (χ1n) is 36.0. The van der Waals surface area contributed by atoms with E-state index in [1.165, 1.54) is 220 Å². The van der Waals surface area contributed by atoms with Crippen molar-refractivity contribution in [2.24, 2.45) is 0 Å². The van der Waals surface area contributed by atoms with Gasteiger partial charge in [-0.15, -0.1) is 15.3 Å². The lowest BCUT2D eigenvalue weighted by Gasteiger charge is -2.33. The molecule has 0 N–H and O–H groups in total. The number of benzene rings is 6. The molecule has 3 aliphatic rings. The number of unbranched alkanes of at least 4 members (excludes halogenated alkanes) is 18. The summed E-state index contributed by atoms with van der Waals surface area (Å²) in [5.74, 6) is 0. The molecule has 9 nitrogen and oxygen atoms in total. The fraction of sp³-hybridized carbons (Fsp3) is 0.481. The molecule has 0 saturated heterocycles. The van der Waals surface area contributed by atoms with Gasteiger partial charge in [0, 0.05) is 32.4 Å². The number of hydrogen-bond donors (Lipinski definition) is 0. The van der Waals surface area contributed by atoms with E-state index in [1.54, 1.807) is 0 Å². The fourth-order valence-electron chi connectivity index (χ4n) is 17.1. The van der Waals surface area contributed by atoms with Crippen molar-refractivity contribution in [2.75, 3.05) is 0 Å². The van der Waals surface area contributed by atoms with Crippen LogP contribution in [0.15, 0.2) is 128 Å². The zero-order valence-corrected chi connectivity index (χ0v) is 55.4. The van der Waals surface area contributed by atoms with Crippen molar-refractivity contribution in [3.05, 3.63) is 161 Å². The lowest BCUT2D eigenvalue weighted by atomic mass is 9.70. The molecule has 0 radical (unpaired) electrons. The summed E-state index contributed by atoms with van der Waals surface area (Å²) in [6.45, 7) is 14.0. The maximum absolute atomic E-state index is 5.01. The summed E-state index contributed by atoms with van der Waals surface area (Å²) >= 11 is 0. The molecule has 468 valence electrons. The minimum Gasteiger partial charge on any atom is -0.220 e. The highest BCUT2D eigenvalue weighted by molar-refractivity contribution is 6.04. The molecule has 6 aromatic carbocycles. The molecule has 0 amide bonds. The van der Waals surface area contributed by atoms with Crippen LogP contribution in [0.25, 0.3) is 81.6 Å². The number of aromatic nitrogens is 9. The molecule has 90 heavy (non-hydrogen) atoms. The van der Waals surface area contributed by atoms with Crippen LogP contribution in [0.3, 0.4) is 0 Å². The van der Waals surface area contributed by atoms with Crippen LogP contribution in [-0.4, -0.2) is 44.5 Å². The molecule has 0 saturated carbocycles. The summed E-state index contributed by atoms with van der Waals surface area (Å²) < 4.78 is 6.06. The molecule has 4 aromatic heterocycles. The summed E-state index contributed by atoms with van der Waals surface area (Å²) in [7, 11) is 0. The second-order valence-electron chi connectivity index (χ2n) is 27.7. The average molecular weight is 1200 g/mol. The van der Waals surface area contributed by atoms with Gasteiger partial charge in [-0.3, -0.25) is 0 Å². The molecule has 18 bridgehead atoms. The van der Waals surface area contributed by atoms with E-state index in [9.17, 15) is 0 Å². The Bertz CT molecular complexity index is 3740. The van der Waals surface area contributed by atoms with Gasteiger partial charge < -0.3 is 0 Å². The summed E-state index contributed by atoms with van der Waals surface area (Å²) in [5, 5.41) is 41.1. The van der Waals surface area contributed by atoms with Crippen molar-refractivity contribution in [3.8, 4) is 0 Å². The van der Waals surface area contributed by atoms with Gasteiger partial charge in [-0.2, -0.15) is 0 Å². The smallest absolute Gasteiger partial charge is 0.113 e. The Morgan fingerprint density at radius 1 is 0.256 bits per heavy atom. The molecule has 13 rings (SSSR count). The Morgan fingerprint density at radius 2 is 0.478 bits per heavy atom. The summed E-state index contributed by atoms with van der Waals surface area (Å²) in [6, 6.07) is 43.3. The van der Waals surface area contributed by atoms with Crippen molar-refractivity contribution in [2.45, 2.75) is 250 Å². The normalized spacial score (nSPS) is 14.6. The monoisotopic (exact) mass is 1200 g/mol. The lowest BCUT2D eigenvalue weighted by Crippen LogP contribution is -2.25. The Hall–Kier alpha value is -7.26. The van der Waals surface area contributed by atoms with Crippen molar-refractivity contribution in [1.29, 1.82) is 0 Å². The molecule has 3 aliphatic carbocycles. The van der Waals surface area contributed by atoms with Crippen LogP contribution in [0.1, 0.15) is 268 Å². The molecule has 0 unspecified atom stereocenters. The standard InChI is InChI=1S/C81H99N9/c1-7-13-19-25-43-79(44-26-20-14-8-2)70-37-31-58-49-64(70)65-50-59(32-38-71(65)79)77-56-89(86-83-77)62-35-41-74-68(53-62)69-54-63(36-42-75(69)81(74,47-29-23-17-11-5)48-30-24-18-12-6)90-57-78(84-87-90)60-33-39-72-66(51-60)67-52-61(88-55-76(58)82-85-88)34-40-73(67)80(72,45-27-21-15-9-3)46-28-22-16-10-4/h31-42,49-57H,7-30,43-48H2,1-6H3. The Kier molecular flexibility index (Phi) is 18.7. The van der Waals surface area contributed by atoms with Gasteiger partial charge in [0.05, 0.1) is 35.1 Å². The van der Waals surface area contributed by atoms with E-state index < -0.39 is 0 Å². The quantitative estimate of drug-likeness (QED) is 0.0417. The van der Waals surface area contributed by atoms with Crippen molar-refractivity contribution in [3.63, 3.8) is 0 Å². The number of fused-ring (bicyclic) bond motifs is 18. The second kappa shape index (κ2) is 27.3. The van der Waals surface area contributed by atoms with Crippen LogP contribution >= 0.6 is 0 Å². The van der Waals surface area contributed by atoms with E-state index in [0.29, 0.717) is 0 Å². The van der Waals surface area contributed by atoms with Crippen LogP contribution in [-0.2, 0) is 16.2 Å². The van der Waals surface area contributed by atoms with E-state index in [-0.39, 0.29) is 16.2 Å². The van der Waals surface area contributed by atoms with Gasteiger partial charge >= 0.3 is 0 Å². The van der Waals surface area contributed by atoms with Crippen molar-refractivity contribution in [1.82, 2.24) is 44.5 Å². The van der Waals surface area contributed by atoms with E-state index in [1.807, 2.05) is 13.5 Å². The van der Waals surface area contributed by atoms with Crippen molar-refractivity contribution < 1.29 is 0 Å². The van der Waals surface area contributed by atoms with Gasteiger partial charge in [0.1, 0.15) is 16.6 Å². The predicted octanol–water partition coefficient (Wildman–Crippen LogP) is 22.7. The molecule has 0 aliphatic heterocycles. The van der Waals surface area contributed by atoms with Gasteiger partial charge in [0.15, 0.2) is 0 Å². The van der Waals surface area contributed by atoms with Gasteiger partial charge in [-0.1, -0.05) is 266 Å². The molecule has 0 spiro atoms. The minimum atomic E-state index is -0.0798. The van der Waals surface area contributed by atoms with E-state index in [4.69, 9.17) is 30.9 Å². The zero-order valence-electron chi connectivity index (χ0n) is 55.4. The lowest BCUT2D eigenvalue weighted by molar-refractivity contribution is 0.402. The van der Waals surface area contributed by atoms with Crippen LogP contribution in [0, 0.1) is 0 Å². The third-order valence-corrected chi connectivity index (χ3v) is 21.9. The maximum atomic E-state index is 5.01. The molecular formula is C81H99N9. The van der Waals surface area contributed by atoms with E-state index >= 15 is 0 Å². The third-order valence-electron chi connectivity index (χ3n) is 21.9. The Balaban J connectivity index is 1.08. The highest BCUT2D eigenvalue weighted by Gasteiger charge is 2.43. The molecule has 10 aromatic rings. The van der Waals surface area contributed by atoms with Gasteiger partial charge in [0.2, 0.25) is 0 Å². The molecular weight excluding hydrogens is 1100 g/mol. The Labute approximate surface area is 534 Å². The topological polar surface area (TPSA) is 90.6 Å². The van der Waals surface area contributed by atoms with Crippen LogP contribution in [0.5, 0.6) is 0 Å². The average Bonchev–Trinajstić information content (AvgIpc) is 1.60. The van der Waals surface area contributed by atoms with E-state index in [0.717, 1.165) is 87.8 Å².